The van der Waals surface area contributed by atoms with E-state index < -0.39 is 0 Å². The van der Waals surface area contributed by atoms with E-state index in [1.165, 1.54) is 11.0 Å². The van der Waals surface area contributed by atoms with Crippen LogP contribution in [0.4, 0.5) is 0 Å². The summed E-state index contributed by atoms with van der Waals surface area (Å²) in [5.74, 6) is 0.373. The molecule has 118 valence electrons. The first-order valence-corrected chi connectivity index (χ1v) is 7.09. The van der Waals surface area contributed by atoms with Crippen LogP contribution in [0.25, 0.3) is 0 Å². The van der Waals surface area contributed by atoms with Gasteiger partial charge in [0.25, 0.3) is 5.91 Å². The molecule has 2 atom stereocenters. The molecule has 1 saturated heterocycles. The molecule has 0 radical (unpaired) electrons. The molecular weight excluding hydrogens is 288 g/mol. The molecule has 1 aliphatic heterocycles. The van der Waals surface area contributed by atoms with E-state index in [1.54, 1.807) is 17.9 Å². The second-order valence-corrected chi connectivity index (χ2v) is 5.02. The molecule has 0 unspecified atom stereocenters. The van der Waals surface area contributed by atoms with Gasteiger partial charge in [0.05, 0.1) is 37.8 Å². The number of aryl methyl sites for hydroxylation is 2. The molecule has 0 spiro atoms. The molecule has 1 aliphatic rings. The van der Waals surface area contributed by atoms with E-state index >= 15 is 0 Å². The van der Waals surface area contributed by atoms with E-state index in [4.69, 9.17) is 9.47 Å². The van der Waals surface area contributed by atoms with Crippen molar-refractivity contribution in [1.29, 1.82) is 0 Å². The van der Waals surface area contributed by atoms with Crippen LogP contribution < -0.4 is 10.1 Å². The van der Waals surface area contributed by atoms with Crippen molar-refractivity contribution in [2.45, 2.75) is 25.6 Å². The minimum absolute atomic E-state index is 0.237. The van der Waals surface area contributed by atoms with Crippen LogP contribution in [0, 0.1) is 0 Å². The highest BCUT2D eigenvalue weighted by Crippen LogP contribution is 2.16. The Morgan fingerprint density at radius 2 is 2.32 bits per heavy atom. The number of nitrogens with one attached hydrogen (secondary N) is 1. The molecule has 9 nitrogen and oxygen atoms in total. The van der Waals surface area contributed by atoms with E-state index in [1.807, 2.05) is 13.1 Å². The summed E-state index contributed by atoms with van der Waals surface area (Å²) in [6.45, 7) is 3.60. The Labute approximate surface area is 127 Å². The van der Waals surface area contributed by atoms with Crippen molar-refractivity contribution in [3.63, 3.8) is 0 Å². The second kappa shape index (κ2) is 6.14. The monoisotopic (exact) mass is 306 g/mol. The highest BCUT2D eigenvalue weighted by Gasteiger charge is 2.32. The third-order valence-electron chi connectivity index (χ3n) is 3.40. The number of rotatable bonds is 5. The van der Waals surface area contributed by atoms with Crippen molar-refractivity contribution in [1.82, 2.24) is 30.1 Å². The molecule has 0 aliphatic carbocycles. The zero-order valence-corrected chi connectivity index (χ0v) is 12.5. The fourth-order valence-electron chi connectivity index (χ4n) is 2.23. The lowest BCUT2D eigenvalue weighted by Gasteiger charge is -2.19. The predicted octanol–water partition coefficient (Wildman–Crippen LogP) is -0.392. The average Bonchev–Trinajstić information content (AvgIpc) is 3.22. The normalized spacial score (nSPS) is 21.0. The van der Waals surface area contributed by atoms with Gasteiger partial charge in [-0.25, -0.2) is 0 Å². The predicted molar refractivity (Wildman–Crippen MR) is 75.4 cm³/mol. The average molecular weight is 306 g/mol. The maximum atomic E-state index is 12.1. The van der Waals surface area contributed by atoms with E-state index in [2.05, 4.69) is 20.6 Å². The highest BCUT2D eigenvalue weighted by atomic mass is 16.5. The summed E-state index contributed by atoms with van der Waals surface area (Å²) < 4.78 is 13.0. The Morgan fingerprint density at radius 1 is 1.45 bits per heavy atom. The summed E-state index contributed by atoms with van der Waals surface area (Å²) in [6.07, 6.45) is 4.64. The Hall–Kier alpha value is -2.42. The van der Waals surface area contributed by atoms with Crippen LogP contribution in [0.2, 0.25) is 0 Å². The van der Waals surface area contributed by atoms with Gasteiger partial charge < -0.3 is 14.8 Å². The van der Waals surface area contributed by atoms with E-state index in [-0.39, 0.29) is 23.7 Å². The number of amides is 1. The largest absolute Gasteiger partial charge is 0.482 e. The van der Waals surface area contributed by atoms with Crippen molar-refractivity contribution in [2.75, 3.05) is 13.2 Å². The Kier molecular flexibility index (Phi) is 4.05. The molecule has 3 heterocycles. The third-order valence-corrected chi connectivity index (χ3v) is 3.40. The minimum atomic E-state index is -0.290. The Bertz CT molecular complexity index is 652. The first kappa shape index (κ1) is 14.5. The fraction of sp³-hybridized carbons (Fsp3) is 0.538. The molecule has 22 heavy (non-hydrogen) atoms. The number of aromatic nitrogens is 5. The molecule has 2 aromatic rings. The van der Waals surface area contributed by atoms with Gasteiger partial charge in [-0.15, -0.1) is 5.10 Å². The van der Waals surface area contributed by atoms with Gasteiger partial charge in [0, 0.05) is 13.6 Å². The van der Waals surface area contributed by atoms with Crippen molar-refractivity contribution in [2.24, 2.45) is 7.05 Å². The number of hydrogen-bond donors (Lipinski definition) is 1. The quantitative estimate of drug-likeness (QED) is 0.808. The van der Waals surface area contributed by atoms with Crippen molar-refractivity contribution in [3.05, 3.63) is 24.3 Å². The summed E-state index contributed by atoms with van der Waals surface area (Å²) in [5, 5.41) is 14.9. The molecule has 1 fully saturated rings. The zero-order chi connectivity index (χ0) is 15.5. The molecule has 0 bridgehead atoms. The van der Waals surface area contributed by atoms with Crippen LogP contribution in [-0.2, 0) is 18.3 Å². The van der Waals surface area contributed by atoms with Gasteiger partial charge >= 0.3 is 0 Å². The lowest BCUT2D eigenvalue weighted by molar-refractivity contribution is 0.0898. The summed E-state index contributed by atoms with van der Waals surface area (Å²) in [6, 6.07) is -0.237. The molecule has 9 heteroatoms. The maximum absolute atomic E-state index is 12.1. The van der Waals surface area contributed by atoms with Crippen LogP contribution in [0.1, 0.15) is 17.4 Å². The van der Waals surface area contributed by atoms with Gasteiger partial charge in [0.1, 0.15) is 6.10 Å². The molecule has 1 N–H and O–H groups in total. The Morgan fingerprint density at radius 3 is 3.00 bits per heavy atom. The fourth-order valence-corrected chi connectivity index (χ4v) is 2.23. The van der Waals surface area contributed by atoms with Gasteiger partial charge in [-0.3, -0.25) is 9.48 Å². The topological polar surface area (TPSA) is 96.1 Å². The Balaban J connectivity index is 1.61. The summed E-state index contributed by atoms with van der Waals surface area (Å²) >= 11 is 0. The molecule has 3 rings (SSSR count). The number of carbonyl (C=O) groups is 1. The van der Waals surface area contributed by atoms with E-state index in [0.717, 1.165) is 6.54 Å². The lowest BCUT2D eigenvalue weighted by atomic mass is 10.2. The third kappa shape index (κ3) is 3.08. The molecular formula is C13H18N6O3. The van der Waals surface area contributed by atoms with E-state index in [0.29, 0.717) is 19.0 Å². The van der Waals surface area contributed by atoms with Gasteiger partial charge in [-0.2, -0.15) is 15.0 Å². The first-order chi connectivity index (χ1) is 10.7. The second-order valence-electron chi connectivity index (χ2n) is 5.02. The summed E-state index contributed by atoms with van der Waals surface area (Å²) in [4.78, 5) is 13.4. The van der Waals surface area contributed by atoms with Crippen LogP contribution in [0.5, 0.6) is 5.75 Å². The standard InChI is InChI=1S/C13H18N6O3/c1-3-19-6-9(4-15-19)22-12-8-21-7-11(12)16-13(20)10-5-14-18(2)17-10/h4-6,11-12H,3,7-8H2,1-2H3,(H,16,20)/t11-,12+/m0/s1. The first-order valence-electron chi connectivity index (χ1n) is 7.09. The van der Waals surface area contributed by atoms with Gasteiger partial charge in [-0.05, 0) is 6.92 Å². The maximum Gasteiger partial charge on any atom is 0.273 e. The summed E-state index contributed by atoms with van der Waals surface area (Å²) in [7, 11) is 1.66. The van der Waals surface area contributed by atoms with Gasteiger partial charge in [0.2, 0.25) is 0 Å². The number of ether oxygens (including phenoxy) is 2. The van der Waals surface area contributed by atoms with Crippen LogP contribution in [-0.4, -0.2) is 56.0 Å². The highest BCUT2D eigenvalue weighted by molar-refractivity contribution is 5.92. The number of carbonyl (C=O) groups excluding carboxylic acids is 1. The van der Waals surface area contributed by atoms with Crippen LogP contribution in [0.3, 0.4) is 0 Å². The van der Waals surface area contributed by atoms with Crippen molar-refractivity contribution < 1.29 is 14.3 Å². The van der Waals surface area contributed by atoms with E-state index in [9.17, 15) is 4.79 Å². The zero-order valence-electron chi connectivity index (χ0n) is 12.5. The SMILES string of the molecule is CCn1cc(O[C@@H]2COC[C@@H]2NC(=O)c2cnn(C)n2)cn1. The van der Waals surface area contributed by atoms with Crippen LogP contribution >= 0.6 is 0 Å². The molecule has 2 aromatic heterocycles. The molecule has 0 aromatic carbocycles. The van der Waals surface area contributed by atoms with Gasteiger partial charge in [0.15, 0.2) is 11.4 Å². The molecule has 1 amide bonds. The number of hydrogen-bond acceptors (Lipinski definition) is 6. The van der Waals surface area contributed by atoms with Gasteiger partial charge in [-0.1, -0.05) is 0 Å². The number of nitrogens with zero attached hydrogens (tertiary/aromatic N) is 5. The van der Waals surface area contributed by atoms with Crippen molar-refractivity contribution >= 4 is 5.91 Å². The lowest BCUT2D eigenvalue weighted by Crippen LogP contribution is -2.45. The summed E-state index contributed by atoms with van der Waals surface area (Å²) in [5.41, 5.74) is 0.270. The smallest absolute Gasteiger partial charge is 0.273 e. The molecule has 0 saturated carbocycles. The van der Waals surface area contributed by atoms with Crippen LogP contribution in [0.15, 0.2) is 18.6 Å². The van der Waals surface area contributed by atoms with Crippen molar-refractivity contribution in [3.8, 4) is 5.75 Å². The minimum Gasteiger partial charge on any atom is -0.482 e.